The molecular formula is C12H15N. The lowest BCUT2D eigenvalue weighted by Gasteiger charge is -1.99. The first-order valence-corrected chi connectivity index (χ1v) is 4.82. The smallest absolute Gasteiger partial charge is 0.0227 e. The SMILES string of the molecule is C/C(=C/CC1CN1)c1ccccc1. The van der Waals surface area contributed by atoms with Crippen LogP contribution in [0.5, 0.6) is 0 Å². The molecule has 1 nitrogen and oxygen atoms in total. The van der Waals surface area contributed by atoms with Crippen molar-refractivity contribution in [2.24, 2.45) is 0 Å². The van der Waals surface area contributed by atoms with Crippen molar-refractivity contribution < 1.29 is 0 Å². The molecule has 1 heterocycles. The summed E-state index contributed by atoms with van der Waals surface area (Å²) >= 11 is 0. The predicted octanol–water partition coefficient (Wildman–Crippen LogP) is 2.45. The molecule has 1 saturated heterocycles. The van der Waals surface area contributed by atoms with Crippen molar-refractivity contribution in [2.75, 3.05) is 6.54 Å². The minimum absolute atomic E-state index is 0.749. The normalized spacial score (nSPS) is 21.6. The minimum atomic E-state index is 0.749. The number of hydrogen-bond acceptors (Lipinski definition) is 1. The third-order valence-corrected chi connectivity index (χ3v) is 2.43. The van der Waals surface area contributed by atoms with Gasteiger partial charge in [0.1, 0.15) is 0 Å². The van der Waals surface area contributed by atoms with Gasteiger partial charge in [0.05, 0.1) is 0 Å². The molecule has 1 aliphatic heterocycles. The highest BCUT2D eigenvalue weighted by molar-refractivity contribution is 5.63. The van der Waals surface area contributed by atoms with Crippen molar-refractivity contribution in [3.05, 3.63) is 42.0 Å². The first-order chi connectivity index (χ1) is 6.36. The maximum atomic E-state index is 3.30. The van der Waals surface area contributed by atoms with Crippen LogP contribution in [-0.2, 0) is 0 Å². The van der Waals surface area contributed by atoms with Gasteiger partial charge in [-0.15, -0.1) is 0 Å². The number of allylic oxidation sites excluding steroid dienone is 1. The number of rotatable bonds is 3. The van der Waals surface area contributed by atoms with E-state index in [9.17, 15) is 0 Å². The zero-order valence-corrected chi connectivity index (χ0v) is 7.96. The van der Waals surface area contributed by atoms with Crippen LogP contribution in [0.2, 0.25) is 0 Å². The molecule has 1 atom stereocenters. The minimum Gasteiger partial charge on any atom is -0.311 e. The van der Waals surface area contributed by atoms with Crippen LogP contribution in [0.15, 0.2) is 36.4 Å². The highest BCUT2D eigenvalue weighted by Gasteiger charge is 2.17. The molecule has 0 radical (unpaired) electrons. The van der Waals surface area contributed by atoms with Crippen LogP contribution in [0.3, 0.4) is 0 Å². The molecule has 13 heavy (non-hydrogen) atoms. The fourth-order valence-electron chi connectivity index (χ4n) is 1.39. The molecule has 0 aromatic heterocycles. The molecule has 2 rings (SSSR count). The molecule has 1 heteroatoms. The van der Waals surface area contributed by atoms with Gasteiger partial charge in [-0.05, 0) is 24.5 Å². The first-order valence-electron chi connectivity index (χ1n) is 4.82. The lowest BCUT2D eigenvalue weighted by Crippen LogP contribution is -1.87. The third-order valence-electron chi connectivity index (χ3n) is 2.43. The molecule has 1 fully saturated rings. The van der Waals surface area contributed by atoms with E-state index in [-0.39, 0.29) is 0 Å². The summed E-state index contributed by atoms with van der Waals surface area (Å²) in [5.41, 5.74) is 2.72. The Morgan fingerprint density at radius 3 is 2.77 bits per heavy atom. The molecule has 0 aliphatic carbocycles. The van der Waals surface area contributed by atoms with Crippen molar-refractivity contribution >= 4 is 5.57 Å². The zero-order valence-electron chi connectivity index (χ0n) is 7.96. The van der Waals surface area contributed by atoms with Crippen molar-refractivity contribution in [2.45, 2.75) is 19.4 Å². The van der Waals surface area contributed by atoms with Crippen LogP contribution in [0.4, 0.5) is 0 Å². The maximum Gasteiger partial charge on any atom is 0.0227 e. The van der Waals surface area contributed by atoms with Crippen molar-refractivity contribution in [3.8, 4) is 0 Å². The molecule has 0 bridgehead atoms. The van der Waals surface area contributed by atoms with Crippen LogP contribution in [0, 0.1) is 0 Å². The van der Waals surface area contributed by atoms with Gasteiger partial charge in [-0.2, -0.15) is 0 Å². The summed E-state index contributed by atoms with van der Waals surface area (Å²) in [6.45, 7) is 3.37. The Labute approximate surface area is 79.5 Å². The predicted molar refractivity (Wildman–Crippen MR) is 56.5 cm³/mol. The Kier molecular flexibility index (Phi) is 2.46. The van der Waals surface area contributed by atoms with Gasteiger partial charge < -0.3 is 5.32 Å². The van der Waals surface area contributed by atoms with Gasteiger partial charge in [0.15, 0.2) is 0 Å². The fraction of sp³-hybridized carbons (Fsp3) is 0.333. The second kappa shape index (κ2) is 3.75. The molecule has 0 amide bonds. The average Bonchev–Trinajstić information content (AvgIpc) is 2.99. The lowest BCUT2D eigenvalue weighted by atomic mass is 10.1. The van der Waals surface area contributed by atoms with E-state index in [1.807, 2.05) is 0 Å². The maximum absolute atomic E-state index is 3.30. The Balaban J connectivity index is 2.02. The Hall–Kier alpha value is -1.08. The van der Waals surface area contributed by atoms with Crippen LogP contribution in [-0.4, -0.2) is 12.6 Å². The monoisotopic (exact) mass is 173 g/mol. The van der Waals surface area contributed by atoms with E-state index in [1.54, 1.807) is 0 Å². The Bertz CT molecular complexity index is 296. The second-order valence-corrected chi connectivity index (χ2v) is 3.59. The van der Waals surface area contributed by atoms with E-state index in [1.165, 1.54) is 24.1 Å². The van der Waals surface area contributed by atoms with E-state index < -0.39 is 0 Å². The largest absolute Gasteiger partial charge is 0.311 e. The van der Waals surface area contributed by atoms with Crippen LogP contribution in [0.1, 0.15) is 18.9 Å². The van der Waals surface area contributed by atoms with Gasteiger partial charge in [0.2, 0.25) is 0 Å². The van der Waals surface area contributed by atoms with Crippen molar-refractivity contribution in [1.29, 1.82) is 0 Å². The molecule has 1 N–H and O–H groups in total. The van der Waals surface area contributed by atoms with E-state index in [4.69, 9.17) is 0 Å². The number of hydrogen-bond donors (Lipinski definition) is 1. The van der Waals surface area contributed by atoms with Gasteiger partial charge in [-0.1, -0.05) is 36.4 Å². The number of nitrogens with one attached hydrogen (secondary N) is 1. The van der Waals surface area contributed by atoms with Crippen LogP contribution >= 0.6 is 0 Å². The van der Waals surface area contributed by atoms with Crippen LogP contribution < -0.4 is 5.32 Å². The third kappa shape index (κ3) is 2.43. The topological polar surface area (TPSA) is 21.9 Å². The Morgan fingerprint density at radius 2 is 2.15 bits per heavy atom. The molecule has 1 unspecified atom stereocenters. The quantitative estimate of drug-likeness (QED) is 0.697. The molecule has 68 valence electrons. The molecule has 1 aromatic carbocycles. The summed E-state index contributed by atoms with van der Waals surface area (Å²) in [5.74, 6) is 0. The summed E-state index contributed by atoms with van der Waals surface area (Å²) in [6.07, 6.45) is 3.49. The first kappa shape index (κ1) is 8.52. The zero-order chi connectivity index (χ0) is 9.10. The molecular weight excluding hydrogens is 158 g/mol. The molecule has 1 aliphatic rings. The van der Waals surface area contributed by atoms with E-state index in [2.05, 4.69) is 48.6 Å². The lowest BCUT2D eigenvalue weighted by molar-refractivity contribution is 0.967. The molecule has 0 spiro atoms. The summed E-state index contributed by atoms with van der Waals surface area (Å²) in [6, 6.07) is 11.3. The van der Waals surface area contributed by atoms with Crippen molar-refractivity contribution in [1.82, 2.24) is 5.32 Å². The highest BCUT2D eigenvalue weighted by Crippen LogP contribution is 2.15. The van der Waals surface area contributed by atoms with Crippen LogP contribution in [0.25, 0.3) is 5.57 Å². The molecule has 1 aromatic rings. The van der Waals surface area contributed by atoms with Gasteiger partial charge in [-0.25, -0.2) is 0 Å². The van der Waals surface area contributed by atoms with E-state index in [0.29, 0.717) is 0 Å². The van der Waals surface area contributed by atoms with E-state index >= 15 is 0 Å². The standard InChI is InChI=1S/C12H15N/c1-10(7-8-12-9-13-12)11-5-3-2-4-6-11/h2-7,12-13H,8-9H2,1H3/b10-7-. The van der Waals surface area contributed by atoms with Crippen molar-refractivity contribution in [3.63, 3.8) is 0 Å². The van der Waals surface area contributed by atoms with Gasteiger partial charge in [0.25, 0.3) is 0 Å². The number of benzene rings is 1. The summed E-state index contributed by atoms with van der Waals surface area (Å²) in [4.78, 5) is 0. The van der Waals surface area contributed by atoms with E-state index in [0.717, 1.165) is 6.04 Å². The van der Waals surface area contributed by atoms with Gasteiger partial charge >= 0.3 is 0 Å². The highest BCUT2D eigenvalue weighted by atomic mass is 15.1. The summed E-state index contributed by atoms with van der Waals surface area (Å²) < 4.78 is 0. The van der Waals surface area contributed by atoms with Gasteiger partial charge in [-0.3, -0.25) is 0 Å². The molecule has 0 saturated carbocycles. The Morgan fingerprint density at radius 1 is 1.46 bits per heavy atom. The fourth-order valence-corrected chi connectivity index (χ4v) is 1.39. The summed E-state index contributed by atoms with van der Waals surface area (Å²) in [5, 5.41) is 3.30. The second-order valence-electron chi connectivity index (χ2n) is 3.59. The van der Waals surface area contributed by atoms with Gasteiger partial charge in [0, 0.05) is 12.6 Å². The summed E-state index contributed by atoms with van der Waals surface area (Å²) in [7, 11) is 0. The average molecular weight is 173 g/mol.